The van der Waals surface area contributed by atoms with Crippen LogP contribution in [0, 0.1) is 5.92 Å². The van der Waals surface area contributed by atoms with Gasteiger partial charge in [0.1, 0.15) is 0 Å². The molecule has 1 aromatic rings. The van der Waals surface area contributed by atoms with Crippen LogP contribution in [0.5, 0.6) is 0 Å². The van der Waals surface area contributed by atoms with Crippen LogP contribution in [-0.4, -0.2) is 16.0 Å². The van der Waals surface area contributed by atoms with Gasteiger partial charge < -0.3 is 15.6 Å². The van der Waals surface area contributed by atoms with Crippen molar-refractivity contribution in [3.05, 3.63) is 27.1 Å². The number of nitrogens with two attached hydrogens (primary N) is 1. The molecule has 7 heteroatoms. The summed E-state index contributed by atoms with van der Waals surface area (Å²) in [5, 5.41) is 2.87. The lowest BCUT2D eigenvalue weighted by Crippen LogP contribution is -2.51. The lowest BCUT2D eigenvalue weighted by Gasteiger charge is -2.37. The zero-order valence-electron chi connectivity index (χ0n) is 12.2. The number of nitrogens with zero attached hydrogens (tertiary/aromatic N) is 1. The van der Waals surface area contributed by atoms with Gasteiger partial charge in [0.25, 0.3) is 5.56 Å². The average Bonchev–Trinajstić information content (AvgIpc) is 2.35. The molecule has 0 aliphatic heterocycles. The standard InChI is InChI=1S/C14H20BrN3O2.ClH/c1-14(16)6-4-3-5-10(14)12(19)17-9-7-11(15)13(20)18(2)8-9;/h7-8,10H,3-6,16H2,1-2H3,(H,17,19);1H. The van der Waals surface area contributed by atoms with Crippen molar-refractivity contribution < 1.29 is 4.79 Å². The van der Waals surface area contributed by atoms with Gasteiger partial charge in [-0.25, -0.2) is 0 Å². The first-order valence-corrected chi connectivity index (χ1v) is 7.56. The molecule has 0 aromatic carbocycles. The second-order valence-electron chi connectivity index (χ2n) is 5.79. The van der Waals surface area contributed by atoms with Crippen molar-refractivity contribution >= 4 is 39.9 Å². The molecule has 1 aromatic heterocycles. The SMILES string of the molecule is Cl.Cn1cc(NC(=O)C2CCCCC2(C)N)cc(Br)c1=O. The second-order valence-corrected chi connectivity index (χ2v) is 6.64. The minimum atomic E-state index is -0.458. The zero-order chi connectivity index (χ0) is 14.9. The summed E-state index contributed by atoms with van der Waals surface area (Å²) in [5.41, 5.74) is 6.24. The lowest BCUT2D eigenvalue weighted by atomic mass is 9.74. The van der Waals surface area contributed by atoms with E-state index in [2.05, 4.69) is 21.2 Å². The Morgan fingerprint density at radius 2 is 2.19 bits per heavy atom. The molecule has 118 valence electrons. The van der Waals surface area contributed by atoms with Crippen molar-refractivity contribution in [1.29, 1.82) is 0 Å². The predicted molar refractivity (Wildman–Crippen MR) is 89.8 cm³/mol. The summed E-state index contributed by atoms with van der Waals surface area (Å²) < 4.78 is 1.86. The molecule has 5 nitrogen and oxygen atoms in total. The van der Waals surface area contributed by atoms with E-state index in [0.29, 0.717) is 10.2 Å². The first-order chi connectivity index (χ1) is 9.31. The highest BCUT2D eigenvalue weighted by Gasteiger charge is 2.37. The van der Waals surface area contributed by atoms with E-state index in [9.17, 15) is 9.59 Å². The summed E-state index contributed by atoms with van der Waals surface area (Å²) in [5.74, 6) is -0.257. The van der Waals surface area contributed by atoms with Gasteiger partial charge in [-0.15, -0.1) is 12.4 Å². The van der Waals surface area contributed by atoms with Crippen molar-refractivity contribution in [2.75, 3.05) is 5.32 Å². The Labute approximate surface area is 138 Å². The zero-order valence-corrected chi connectivity index (χ0v) is 14.6. The molecule has 21 heavy (non-hydrogen) atoms. The van der Waals surface area contributed by atoms with Gasteiger partial charge in [-0.05, 0) is 41.8 Å². The lowest BCUT2D eigenvalue weighted by molar-refractivity contribution is -0.122. The molecule has 2 unspecified atom stereocenters. The van der Waals surface area contributed by atoms with E-state index >= 15 is 0 Å². The highest BCUT2D eigenvalue weighted by atomic mass is 79.9. The van der Waals surface area contributed by atoms with Gasteiger partial charge in [0.05, 0.1) is 16.1 Å². The fourth-order valence-corrected chi connectivity index (χ4v) is 3.28. The van der Waals surface area contributed by atoms with Crippen LogP contribution in [0.25, 0.3) is 0 Å². The Morgan fingerprint density at radius 3 is 2.76 bits per heavy atom. The number of nitrogens with one attached hydrogen (secondary N) is 1. The maximum Gasteiger partial charge on any atom is 0.264 e. The maximum atomic E-state index is 12.4. The summed E-state index contributed by atoms with van der Waals surface area (Å²) in [6, 6.07) is 1.62. The molecule has 0 radical (unpaired) electrons. The number of pyridine rings is 1. The fraction of sp³-hybridized carbons (Fsp3) is 0.571. The van der Waals surface area contributed by atoms with Crippen molar-refractivity contribution in [3.8, 4) is 0 Å². The number of carbonyl (C=O) groups is 1. The highest BCUT2D eigenvalue weighted by molar-refractivity contribution is 9.10. The van der Waals surface area contributed by atoms with Crippen molar-refractivity contribution in [3.63, 3.8) is 0 Å². The second kappa shape index (κ2) is 6.94. The van der Waals surface area contributed by atoms with Crippen molar-refractivity contribution in [2.24, 2.45) is 18.7 Å². The average molecular weight is 379 g/mol. The minimum absolute atomic E-state index is 0. The first kappa shape index (κ1) is 18.2. The van der Waals surface area contributed by atoms with E-state index < -0.39 is 5.54 Å². The van der Waals surface area contributed by atoms with Gasteiger partial charge >= 0.3 is 0 Å². The van der Waals surface area contributed by atoms with Crippen LogP contribution < -0.4 is 16.6 Å². The number of anilines is 1. The third-order valence-corrected chi connectivity index (χ3v) is 4.55. The topological polar surface area (TPSA) is 77.1 Å². The molecule has 1 aliphatic rings. The normalized spacial score (nSPS) is 25.0. The smallest absolute Gasteiger partial charge is 0.264 e. The van der Waals surface area contributed by atoms with Crippen LogP contribution in [0.15, 0.2) is 21.5 Å². The highest BCUT2D eigenvalue weighted by Crippen LogP contribution is 2.32. The van der Waals surface area contributed by atoms with Gasteiger partial charge in [-0.2, -0.15) is 0 Å². The van der Waals surface area contributed by atoms with Gasteiger partial charge in [0.15, 0.2) is 0 Å². The van der Waals surface area contributed by atoms with Crippen LogP contribution in [-0.2, 0) is 11.8 Å². The molecular weight excluding hydrogens is 358 g/mol. The number of aryl methyl sites for hydroxylation is 1. The molecule has 2 rings (SSSR count). The maximum absolute atomic E-state index is 12.4. The monoisotopic (exact) mass is 377 g/mol. The van der Waals surface area contributed by atoms with E-state index in [1.54, 1.807) is 19.3 Å². The van der Waals surface area contributed by atoms with Gasteiger partial charge in [-0.3, -0.25) is 9.59 Å². The third kappa shape index (κ3) is 4.08. The Morgan fingerprint density at radius 1 is 1.52 bits per heavy atom. The van der Waals surface area contributed by atoms with Crippen LogP contribution in [0.4, 0.5) is 5.69 Å². The van der Waals surface area contributed by atoms with Crippen molar-refractivity contribution in [1.82, 2.24) is 4.57 Å². The van der Waals surface area contributed by atoms with E-state index in [0.717, 1.165) is 25.7 Å². The van der Waals surface area contributed by atoms with Crippen LogP contribution >= 0.6 is 28.3 Å². The molecule has 0 saturated heterocycles. The quantitative estimate of drug-likeness (QED) is 0.829. The third-order valence-electron chi connectivity index (χ3n) is 3.98. The van der Waals surface area contributed by atoms with Crippen LogP contribution in [0.1, 0.15) is 32.6 Å². The number of aromatic nitrogens is 1. The van der Waals surface area contributed by atoms with E-state index in [4.69, 9.17) is 5.73 Å². The molecule has 1 saturated carbocycles. The molecule has 1 heterocycles. The fourth-order valence-electron chi connectivity index (χ4n) is 2.76. The summed E-state index contributed by atoms with van der Waals surface area (Å²) in [6.07, 6.45) is 5.39. The van der Waals surface area contributed by atoms with Crippen molar-refractivity contribution in [2.45, 2.75) is 38.1 Å². The van der Waals surface area contributed by atoms with E-state index in [-0.39, 0.29) is 29.8 Å². The van der Waals surface area contributed by atoms with Gasteiger partial charge in [0, 0.05) is 18.8 Å². The summed E-state index contributed by atoms with van der Waals surface area (Å²) in [6.45, 7) is 1.94. The molecule has 0 spiro atoms. The number of rotatable bonds is 2. The van der Waals surface area contributed by atoms with Gasteiger partial charge in [-0.1, -0.05) is 12.8 Å². The molecular formula is C14H21BrClN3O2. The van der Waals surface area contributed by atoms with Crippen LogP contribution in [0.3, 0.4) is 0 Å². The molecule has 0 bridgehead atoms. The molecule has 3 N–H and O–H groups in total. The minimum Gasteiger partial charge on any atom is -0.325 e. The number of amides is 1. The molecule has 1 aliphatic carbocycles. The number of hydrogen-bond acceptors (Lipinski definition) is 3. The summed E-state index contributed by atoms with van der Waals surface area (Å²) in [7, 11) is 1.65. The molecule has 1 fully saturated rings. The largest absolute Gasteiger partial charge is 0.325 e. The number of hydrogen-bond donors (Lipinski definition) is 2. The predicted octanol–water partition coefficient (Wildman–Crippen LogP) is 2.42. The Kier molecular flexibility index (Phi) is 6.01. The summed E-state index contributed by atoms with van der Waals surface area (Å²) >= 11 is 3.20. The number of halogens is 2. The van der Waals surface area contributed by atoms with E-state index in [1.165, 1.54) is 4.57 Å². The Hall–Kier alpha value is -0.850. The van der Waals surface area contributed by atoms with E-state index in [1.807, 2.05) is 6.92 Å². The Balaban J connectivity index is 0.00000220. The first-order valence-electron chi connectivity index (χ1n) is 6.77. The van der Waals surface area contributed by atoms with Crippen LogP contribution in [0.2, 0.25) is 0 Å². The number of carbonyl (C=O) groups excluding carboxylic acids is 1. The summed E-state index contributed by atoms with van der Waals surface area (Å²) in [4.78, 5) is 24.0. The molecule has 2 atom stereocenters. The Bertz CT molecular complexity index is 560. The van der Waals surface area contributed by atoms with Gasteiger partial charge in [0.2, 0.25) is 5.91 Å². The molecule has 1 amide bonds.